The van der Waals surface area contributed by atoms with Gasteiger partial charge in [0.1, 0.15) is 19.0 Å². The van der Waals surface area contributed by atoms with E-state index in [1.807, 2.05) is 0 Å². The van der Waals surface area contributed by atoms with Gasteiger partial charge >= 0.3 is 0 Å². The molecule has 0 aliphatic carbocycles. The van der Waals surface area contributed by atoms with Crippen molar-refractivity contribution in [3.05, 3.63) is 23.5 Å². The third-order valence-electron chi connectivity index (χ3n) is 3.34. The maximum atomic E-state index is 14.0. The standard InChI is InChI=1S/C14H19FO4/c1-8(5-12(17)9(2)16)10-6-13-14(7-11(10)15)19-4-3-18-13/h6-9,12,16-17H,3-5H2,1-2H3. The largest absolute Gasteiger partial charge is 0.486 e. The van der Waals surface area contributed by atoms with Crippen LogP contribution < -0.4 is 9.47 Å². The fraction of sp³-hybridized carbons (Fsp3) is 0.571. The molecule has 1 heterocycles. The van der Waals surface area contributed by atoms with Crippen molar-refractivity contribution in [2.75, 3.05) is 13.2 Å². The Balaban J connectivity index is 2.19. The average Bonchev–Trinajstić information content (AvgIpc) is 2.37. The maximum absolute atomic E-state index is 14.0. The molecule has 0 saturated heterocycles. The predicted octanol–water partition coefficient (Wildman–Crippen LogP) is 1.83. The van der Waals surface area contributed by atoms with E-state index >= 15 is 0 Å². The van der Waals surface area contributed by atoms with Crippen LogP contribution in [0.25, 0.3) is 0 Å². The second-order valence-corrected chi connectivity index (χ2v) is 4.96. The van der Waals surface area contributed by atoms with Gasteiger partial charge in [-0.25, -0.2) is 4.39 Å². The summed E-state index contributed by atoms with van der Waals surface area (Å²) in [5.74, 6) is 0.340. The SMILES string of the molecule is CC(CC(O)C(C)O)c1cc2c(cc1F)OCCO2. The highest BCUT2D eigenvalue weighted by Crippen LogP contribution is 2.36. The number of benzene rings is 1. The molecular weight excluding hydrogens is 251 g/mol. The Morgan fingerprint density at radius 1 is 1.16 bits per heavy atom. The molecule has 3 unspecified atom stereocenters. The van der Waals surface area contributed by atoms with Crippen LogP contribution in [0.4, 0.5) is 4.39 Å². The van der Waals surface area contributed by atoms with Crippen molar-refractivity contribution in [3.63, 3.8) is 0 Å². The molecule has 2 N–H and O–H groups in total. The Labute approximate surface area is 111 Å². The maximum Gasteiger partial charge on any atom is 0.164 e. The van der Waals surface area contributed by atoms with Gasteiger partial charge in [-0.15, -0.1) is 0 Å². The lowest BCUT2D eigenvalue weighted by Crippen LogP contribution is -2.24. The number of fused-ring (bicyclic) bond motifs is 1. The Hall–Kier alpha value is -1.33. The molecule has 5 heteroatoms. The Morgan fingerprint density at radius 3 is 2.32 bits per heavy atom. The van der Waals surface area contributed by atoms with Crippen LogP contribution in [0.5, 0.6) is 11.5 Å². The van der Waals surface area contributed by atoms with E-state index in [1.165, 1.54) is 13.0 Å². The molecule has 1 aromatic carbocycles. The first-order valence-corrected chi connectivity index (χ1v) is 6.44. The highest BCUT2D eigenvalue weighted by Gasteiger charge is 2.22. The summed E-state index contributed by atoms with van der Waals surface area (Å²) >= 11 is 0. The lowest BCUT2D eigenvalue weighted by atomic mass is 9.92. The fourth-order valence-electron chi connectivity index (χ4n) is 2.14. The van der Waals surface area contributed by atoms with Crippen molar-refractivity contribution in [3.8, 4) is 11.5 Å². The number of ether oxygens (including phenoxy) is 2. The normalized spacial score (nSPS) is 18.8. The van der Waals surface area contributed by atoms with E-state index in [1.54, 1.807) is 13.0 Å². The second kappa shape index (κ2) is 5.75. The topological polar surface area (TPSA) is 58.9 Å². The number of aliphatic hydroxyl groups excluding tert-OH is 2. The van der Waals surface area contributed by atoms with Crippen molar-refractivity contribution in [2.24, 2.45) is 0 Å². The van der Waals surface area contributed by atoms with Crippen molar-refractivity contribution in [2.45, 2.75) is 38.4 Å². The van der Waals surface area contributed by atoms with Crippen LogP contribution in [-0.4, -0.2) is 35.6 Å². The molecule has 0 aromatic heterocycles. The first-order valence-electron chi connectivity index (χ1n) is 6.44. The fourth-order valence-corrected chi connectivity index (χ4v) is 2.14. The lowest BCUT2D eigenvalue weighted by molar-refractivity contribution is 0.0225. The van der Waals surface area contributed by atoms with Crippen molar-refractivity contribution < 1.29 is 24.1 Å². The molecule has 1 aliphatic rings. The van der Waals surface area contributed by atoms with Gasteiger partial charge in [0, 0.05) is 6.07 Å². The number of halogens is 1. The molecular formula is C14H19FO4. The van der Waals surface area contributed by atoms with E-state index in [2.05, 4.69) is 0 Å². The number of aliphatic hydroxyl groups is 2. The summed E-state index contributed by atoms with van der Waals surface area (Å²) in [4.78, 5) is 0. The first-order chi connectivity index (χ1) is 8.99. The number of rotatable bonds is 4. The van der Waals surface area contributed by atoms with Crippen molar-refractivity contribution in [1.29, 1.82) is 0 Å². The van der Waals surface area contributed by atoms with E-state index < -0.39 is 12.2 Å². The van der Waals surface area contributed by atoms with Gasteiger partial charge < -0.3 is 19.7 Å². The van der Waals surface area contributed by atoms with Gasteiger partial charge in [-0.3, -0.25) is 0 Å². The van der Waals surface area contributed by atoms with Crippen LogP contribution in [0.3, 0.4) is 0 Å². The molecule has 106 valence electrons. The molecule has 1 aliphatic heterocycles. The first kappa shape index (κ1) is 14.1. The predicted molar refractivity (Wildman–Crippen MR) is 68.1 cm³/mol. The van der Waals surface area contributed by atoms with Crippen molar-refractivity contribution >= 4 is 0 Å². The third kappa shape index (κ3) is 3.16. The zero-order valence-corrected chi connectivity index (χ0v) is 11.1. The van der Waals surface area contributed by atoms with E-state index in [0.29, 0.717) is 30.3 Å². The van der Waals surface area contributed by atoms with E-state index in [4.69, 9.17) is 9.47 Å². The summed E-state index contributed by atoms with van der Waals surface area (Å²) in [6, 6.07) is 2.93. The van der Waals surface area contributed by atoms with Crippen LogP contribution in [0.2, 0.25) is 0 Å². The van der Waals surface area contributed by atoms with Crippen LogP contribution in [-0.2, 0) is 0 Å². The molecule has 2 rings (SSSR count). The smallest absolute Gasteiger partial charge is 0.164 e. The average molecular weight is 270 g/mol. The molecule has 0 bridgehead atoms. The summed E-state index contributed by atoms with van der Waals surface area (Å²) < 4.78 is 24.7. The summed E-state index contributed by atoms with van der Waals surface area (Å²) in [7, 11) is 0. The van der Waals surface area contributed by atoms with Gasteiger partial charge in [0.15, 0.2) is 11.5 Å². The minimum atomic E-state index is -0.873. The van der Waals surface area contributed by atoms with Crippen LogP contribution >= 0.6 is 0 Å². The molecule has 0 spiro atoms. The Bertz CT molecular complexity index is 447. The molecule has 0 saturated carbocycles. The van der Waals surface area contributed by atoms with E-state index in [9.17, 15) is 14.6 Å². The quantitative estimate of drug-likeness (QED) is 0.876. The molecule has 19 heavy (non-hydrogen) atoms. The summed E-state index contributed by atoms with van der Waals surface area (Å²) in [5.41, 5.74) is 0.462. The monoisotopic (exact) mass is 270 g/mol. The van der Waals surface area contributed by atoms with Gasteiger partial charge in [0.05, 0.1) is 12.2 Å². The highest BCUT2D eigenvalue weighted by molar-refractivity contribution is 5.45. The second-order valence-electron chi connectivity index (χ2n) is 4.96. The van der Waals surface area contributed by atoms with Crippen LogP contribution in [0.15, 0.2) is 12.1 Å². The van der Waals surface area contributed by atoms with Crippen molar-refractivity contribution in [1.82, 2.24) is 0 Å². The van der Waals surface area contributed by atoms with Gasteiger partial charge in [0.25, 0.3) is 0 Å². The van der Waals surface area contributed by atoms with E-state index in [-0.39, 0.29) is 18.2 Å². The molecule has 0 fully saturated rings. The minimum absolute atomic E-state index is 0.222. The Morgan fingerprint density at radius 2 is 1.74 bits per heavy atom. The summed E-state index contributed by atoms with van der Waals surface area (Å²) in [6.45, 7) is 4.18. The Kier molecular flexibility index (Phi) is 4.27. The van der Waals surface area contributed by atoms with Gasteiger partial charge in [-0.1, -0.05) is 6.92 Å². The molecule has 4 nitrogen and oxygen atoms in total. The summed E-state index contributed by atoms with van der Waals surface area (Å²) in [6.07, 6.45) is -1.42. The van der Waals surface area contributed by atoms with Gasteiger partial charge in [-0.05, 0) is 30.9 Å². The lowest BCUT2D eigenvalue weighted by Gasteiger charge is -2.23. The third-order valence-corrected chi connectivity index (χ3v) is 3.34. The molecule has 1 aromatic rings. The van der Waals surface area contributed by atoms with Gasteiger partial charge in [-0.2, -0.15) is 0 Å². The molecule has 3 atom stereocenters. The zero-order valence-electron chi connectivity index (χ0n) is 11.1. The number of hydrogen-bond donors (Lipinski definition) is 2. The number of hydrogen-bond acceptors (Lipinski definition) is 4. The van der Waals surface area contributed by atoms with Gasteiger partial charge in [0.2, 0.25) is 0 Å². The minimum Gasteiger partial charge on any atom is -0.486 e. The molecule has 0 amide bonds. The highest BCUT2D eigenvalue weighted by atomic mass is 19.1. The summed E-state index contributed by atoms with van der Waals surface area (Å²) in [5, 5.41) is 18.9. The van der Waals surface area contributed by atoms with E-state index in [0.717, 1.165) is 0 Å². The molecule has 0 radical (unpaired) electrons. The van der Waals surface area contributed by atoms with Crippen LogP contribution in [0, 0.1) is 5.82 Å². The van der Waals surface area contributed by atoms with Crippen LogP contribution in [0.1, 0.15) is 31.7 Å². The zero-order chi connectivity index (χ0) is 14.0.